The molecular weight excluding hydrogens is 374 g/mol. The van der Waals surface area contributed by atoms with Crippen LogP contribution in [0.4, 0.5) is 0 Å². The molecule has 1 aromatic heterocycles. The van der Waals surface area contributed by atoms with Gasteiger partial charge in [-0.05, 0) is 56.5 Å². The maximum atomic E-state index is 12.7. The first kappa shape index (κ1) is 22.2. The molecule has 1 heterocycles. The van der Waals surface area contributed by atoms with Crippen LogP contribution in [-0.2, 0) is 9.47 Å². The van der Waals surface area contributed by atoms with Crippen LogP contribution in [-0.4, -0.2) is 42.5 Å². The average Bonchev–Trinajstić information content (AvgIpc) is 2.99. The number of carbonyl (C=O) groups excluding carboxylic acids is 3. The Morgan fingerprint density at radius 2 is 1.62 bits per heavy atom. The molecule has 0 bridgehead atoms. The molecule has 0 spiro atoms. The van der Waals surface area contributed by atoms with Crippen LogP contribution in [0.25, 0.3) is 0 Å². The third-order valence-corrected chi connectivity index (χ3v) is 4.40. The number of aromatic amines is 1. The summed E-state index contributed by atoms with van der Waals surface area (Å²) in [4.78, 5) is 39.9. The number of carbonyl (C=O) groups is 3. The van der Waals surface area contributed by atoms with Crippen LogP contribution in [0.1, 0.15) is 63.2 Å². The Morgan fingerprint density at radius 1 is 1.00 bits per heavy atom. The van der Waals surface area contributed by atoms with E-state index in [1.807, 2.05) is 13.8 Å². The summed E-state index contributed by atoms with van der Waals surface area (Å²) in [5.74, 6) is -0.514. The predicted molar refractivity (Wildman–Crippen MR) is 108 cm³/mol. The monoisotopic (exact) mass is 401 g/mol. The molecule has 1 atom stereocenters. The Balaban J connectivity index is 2.08. The second-order valence-electron chi connectivity index (χ2n) is 7.26. The highest BCUT2D eigenvalue weighted by atomic mass is 16.5. The normalized spacial score (nSPS) is 11.8. The van der Waals surface area contributed by atoms with Crippen molar-refractivity contribution in [3.05, 3.63) is 52.3 Å². The van der Waals surface area contributed by atoms with Crippen LogP contribution >= 0.6 is 0 Å². The molecule has 7 heteroatoms. The molecule has 0 radical (unpaired) electrons. The minimum atomic E-state index is -1.03. The molecule has 0 fully saturated rings. The summed E-state index contributed by atoms with van der Waals surface area (Å²) in [6.45, 7) is 9.49. The Morgan fingerprint density at radius 3 is 2.17 bits per heavy atom. The number of H-pyrrole nitrogens is 1. The van der Waals surface area contributed by atoms with Gasteiger partial charge in [-0.3, -0.25) is 4.79 Å². The zero-order valence-electron chi connectivity index (χ0n) is 17.6. The number of rotatable bonds is 8. The number of esters is 2. The molecule has 0 unspecified atom stereocenters. The molecular formula is C22H27NO6. The lowest BCUT2D eigenvalue weighted by atomic mass is 10.1. The molecule has 2 rings (SSSR count). The number of nitrogens with one attached hydrogen (secondary N) is 1. The van der Waals surface area contributed by atoms with Crippen LogP contribution in [0.15, 0.2) is 24.3 Å². The van der Waals surface area contributed by atoms with Crippen LogP contribution in [0.3, 0.4) is 0 Å². The first-order valence-electron chi connectivity index (χ1n) is 9.41. The molecule has 2 aromatic rings. The van der Waals surface area contributed by atoms with Gasteiger partial charge in [0.1, 0.15) is 5.75 Å². The predicted octanol–water partition coefficient (Wildman–Crippen LogP) is 3.88. The van der Waals surface area contributed by atoms with Gasteiger partial charge in [-0.25, -0.2) is 9.59 Å². The SMILES string of the molecule is COC(=O)c1c(C)[nH]c(C(=O)[C@@H](C)OC(=O)c2ccc(OCC(C)C)cc2)c1C. The second-order valence-corrected chi connectivity index (χ2v) is 7.26. The molecule has 1 aromatic carbocycles. The quantitative estimate of drug-likeness (QED) is 0.533. The minimum absolute atomic E-state index is 0.223. The van der Waals surface area contributed by atoms with Gasteiger partial charge in [-0.15, -0.1) is 0 Å². The number of aromatic nitrogens is 1. The van der Waals surface area contributed by atoms with Crippen molar-refractivity contribution >= 4 is 17.7 Å². The lowest BCUT2D eigenvalue weighted by molar-refractivity contribution is 0.0316. The largest absolute Gasteiger partial charge is 0.493 e. The number of methoxy groups -OCH3 is 1. The fourth-order valence-electron chi connectivity index (χ4n) is 2.84. The lowest BCUT2D eigenvalue weighted by Gasteiger charge is -2.13. The smallest absolute Gasteiger partial charge is 0.339 e. The van der Waals surface area contributed by atoms with Crippen molar-refractivity contribution in [3.8, 4) is 5.75 Å². The summed E-state index contributed by atoms with van der Waals surface area (Å²) in [6.07, 6.45) is -1.03. The second kappa shape index (κ2) is 9.41. The summed E-state index contributed by atoms with van der Waals surface area (Å²) < 4.78 is 15.7. The Labute approximate surface area is 170 Å². The molecule has 0 aliphatic heterocycles. The number of benzene rings is 1. The van der Waals surface area contributed by atoms with Crippen molar-refractivity contribution in [1.82, 2.24) is 4.98 Å². The Kier molecular flexibility index (Phi) is 7.20. The number of ketones is 1. The average molecular weight is 401 g/mol. The molecule has 156 valence electrons. The number of hydrogen-bond acceptors (Lipinski definition) is 6. The molecule has 7 nitrogen and oxygen atoms in total. The summed E-state index contributed by atoms with van der Waals surface area (Å²) in [7, 11) is 1.28. The van der Waals surface area contributed by atoms with Gasteiger partial charge in [0, 0.05) is 5.69 Å². The van der Waals surface area contributed by atoms with Crippen molar-refractivity contribution < 1.29 is 28.6 Å². The van der Waals surface area contributed by atoms with Crippen LogP contribution in [0.5, 0.6) is 5.75 Å². The zero-order chi connectivity index (χ0) is 21.7. The molecule has 1 N–H and O–H groups in total. The summed E-state index contributed by atoms with van der Waals surface area (Å²) in [5.41, 5.74) is 1.84. The highest BCUT2D eigenvalue weighted by Crippen LogP contribution is 2.21. The van der Waals surface area contributed by atoms with E-state index < -0.39 is 23.8 Å². The van der Waals surface area contributed by atoms with Gasteiger partial charge in [0.2, 0.25) is 5.78 Å². The van der Waals surface area contributed by atoms with Crippen LogP contribution < -0.4 is 4.74 Å². The fraction of sp³-hybridized carbons (Fsp3) is 0.409. The molecule has 0 saturated carbocycles. The minimum Gasteiger partial charge on any atom is -0.493 e. The van der Waals surface area contributed by atoms with E-state index in [0.717, 1.165) is 0 Å². The van der Waals surface area contributed by atoms with Crippen molar-refractivity contribution in [3.63, 3.8) is 0 Å². The van der Waals surface area contributed by atoms with E-state index >= 15 is 0 Å². The topological polar surface area (TPSA) is 94.7 Å². The first-order valence-corrected chi connectivity index (χ1v) is 9.41. The standard InChI is InChI=1S/C22H27NO6/c1-12(2)11-28-17-9-7-16(8-10-17)21(25)29-15(5)20(24)19-13(3)18(14(4)23-19)22(26)27-6/h7-10,12,15,23H,11H2,1-6H3/t15-/m1/s1. The van der Waals surface area contributed by atoms with Gasteiger partial charge < -0.3 is 19.2 Å². The number of hydrogen-bond donors (Lipinski definition) is 1. The highest BCUT2D eigenvalue weighted by Gasteiger charge is 2.27. The number of Topliss-reactive ketones (excluding diaryl/α,β-unsaturated/α-hetero) is 1. The summed E-state index contributed by atoms with van der Waals surface area (Å²) >= 11 is 0. The lowest BCUT2D eigenvalue weighted by Crippen LogP contribution is -2.25. The summed E-state index contributed by atoms with van der Waals surface area (Å²) in [6, 6.07) is 6.56. The molecule has 0 aliphatic rings. The molecule has 0 amide bonds. The van der Waals surface area contributed by atoms with Gasteiger partial charge in [-0.1, -0.05) is 13.8 Å². The van der Waals surface area contributed by atoms with Gasteiger partial charge >= 0.3 is 11.9 Å². The van der Waals surface area contributed by atoms with E-state index in [0.29, 0.717) is 40.7 Å². The van der Waals surface area contributed by atoms with Crippen molar-refractivity contribution in [2.45, 2.75) is 40.7 Å². The highest BCUT2D eigenvalue weighted by molar-refractivity contribution is 6.04. The van der Waals surface area contributed by atoms with E-state index in [9.17, 15) is 14.4 Å². The molecule has 29 heavy (non-hydrogen) atoms. The third-order valence-electron chi connectivity index (χ3n) is 4.40. The van der Waals surface area contributed by atoms with Crippen LogP contribution in [0.2, 0.25) is 0 Å². The van der Waals surface area contributed by atoms with Crippen LogP contribution in [0, 0.1) is 19.8 Å². The summed E-state index contributed by atoms with van der Waals surface area (Å²) in [5, 5.41) is 0. The van der Waals surface area contributed by atoms with Gasteiger partial charge in [0.15, 0.2) is 6.10 Å². The van der Waals surface area contributed by atoms with E-state index in [2.05, 4.69) is 4.98 Å². The molecule has 0 saturated heterocycles. The molecule has 0 aliphatic carbocycles. The van der Waals surface area contributed by atoms with Gasteiger partial charge in [-0.2, -0.15) is 0 Å². The number of ether oxygens (including phenoxy) is 3. The Hall–Kier alpha value is -3.09. The van der Waals surface area contributed by atoms with E-state index in [4.69, 9.17) is 14.2 Å². The zero-order valence-corrected chi connectivity index (χ0v) is 17.6. The van der Waals surface area contributed by atoms with Crippen molar-refractivity contribution in [2.75, 3.05) is 13.7 Å². The maximum Gasteiger partial charge on any atom is 0.339 e. The van der Waals surface area contributed by atoms with Gasteiger partial charge in [0.25, 0.3) is 0 Å². The Bertz CT molecular complexity index is 895. The van der Waals surface area contributed by atoms with E-state index in [-0.39, 0.29) is 5.69 Å². The van der Waals surface area contributed by atoms with Gasteiger partial charge in [0.05, 0.1) is 30.5 Å². The number of aryl methyl sites for hydroxylation is 1. The van der Waals surface area contributed by atoms with E-state index in [1.54, 1.807) is 38.1 Å². The van der Waals surface area contributed by atoms with E-state index in [1.165, 1.54) is 14.0 Å². The third kappa shape index (κ3) is 5.25. The first-order chi connectivity index (χ1) is 13.6. The van der Waals surface area contributed by atoms with Crippen molar-refractivity contribution in [1.29, 1.82) is 0 Å². The van der Waals surface area contributed by atoms with Crippen molar-refractivity contribution in [2.24, 2.45) is 5.92 Å². The maximum absolute atomic E-state index is 12.7. The fourth-order valence-corrected chi connectivity index (χ4v) is 2.84.